The van der Waals surface area contributed by atoms with Gasteiger partial charge in [0.15, 0.2) is 5.82 Å². The van der Waals surface area contributed by atoms with Gasteiger partial charge in [-0.2, -0.15) is 4.98 Å². The lowest BCUT2D eigenvalue weighted by Gasteiger charge is -2.18. The number of hydrogen-bond acceptors (Lipinski definition) is 6. The van der Waals surface area contributed by atoms with E-state index in [9.17, 15) is 0 Å². The van der Waals surface area contributed by atoms with E-state index < -0.39 is 0 Å². The molecule has 0 amide bonds. The molecule has 0 aromatic carbocycles. The molecule has 0 saturated carbocycles. The summed E-state index contributed by atoms with van der Waals surface area (Å²) in [6.45, 7) is 2.39. The highest BCUT2D eigenvalue weighted by molar-refractivity contribution is 5.02. The van der Waals surface area contributed by atoms with Gasteiger partial charge in [-0.3, -0.25) is 0 Å². The van der Waals surface area contributed by atoms with Crippen LogP contribution in [0.25, 0.3) is 0 Å². The molecule has 0 spiro atoms. The predicted octanol–water partition coefficient (Wildman–Crippen LogP) is 1.01. The molecule has 1 aromatic rings. The Kier molecular flexibility index (Phi) is 3.58. The lowest BCUT2D eigenvalue weighted by atomic mass is 10.0. The smallest absolute Gasteiger partial charge is 0.243 e. The molecular formula is C12H19N3O3. The Hall–Kier alpha value is -0.980. The van der Waals surface area contributed by atoms with Gasteiger partial charge in [0.05, 0.1) is 18.8 Å². The van der Waals surface area contributed by atoms with Crippen molar-refractivity contribution in [2.45, 2.75) is 37.3 Å². The van der Waals surface area contributed by atoms with Crippen molar-refractivity contribution in [3.8, 4) is 0 Å². The molecule has 2 aliphatic rings. The zero-order valence-electron chi connectivity index (χ0n) is 10.6. The maximum Gasteiger partial charge on any atom is 0.243 e. The zero-order valence-corrected chi connectivity index (χ0v) is 10.6. The molecule has 3 atom stereocenters. The molecule has 1 N–H and O–H groups in total. The molecule has 0 radical (unpaired) electrons. The van der Waals surface area contributed by atoms with Gasteiger partial charge in [0.2, 0.25) is 5.89 Å². The van der Waals surface area contributed by atoms with E-state index >= 15 is 0 Å². The van der Waals surface area contributed by atoms with E-state index in [4.69, 9.17) is 14.0 Å². The Balaban J connectivity index is 1.66. The van der Waals surface area contributed by atoms with E-state index in [-0.39, 0.29) is 18.1 Å². The maximum absolute atomic E-state index is 5.45. The van der Waals surface area contributed by atoms with Gasteiger partial charge in [-0.05, 0) is 19.3 Å². The van der Waals surface area contributed by atoms with Crippen LogP contribution in [0.2, 0.25) is 0 Å². The van der Waals surface area contributed by atoms with Crippen LogP contribution in [0.4, 0.5) is 0 Å². The summed E-state index contributed by atoms with van der Waals surface area (Å²) in [5.74, 6) is 1.75. The van der Waals surface area contributed by atoms with Crippen LogP contribution < -0.4 is 5.32 Å². The Morgan fingerprint density at radius 2 is 2.39 bits per heavy atom. The molecular weight excluding hydrogens is 234 g/mol. The molecule has 18 heavy (non-hydrogen) atoms. The molecule has 3 heterocycles. The monoisotopic (exact) mass is 253 g/mol. The van der Waals surface area contributed by atoms with Crippen molar-refractivity contribution in [3.05, 3.63) is 11.7 Å². The summed E-state index contributed by atoms with van der Waals surface area (Å²) in [6.07, 6.45) is 3.28. The number of nitrogens with one attached hydrogen (secondary N) is 1. The normalized spacial score (nSPS) is 32.8. The van der Waals surface area contributed by atoms with Crippen molar-refractivity contribution < 1.29 is 14.0 Å². The largest absolute Gasteiger partial charge is 0.381 e. The Morgan fingerprint density at radius 3 is 3.11 bits per heavy atom. The second kappa shape index (κ2) is 5.34. The number of hydrogen-bond donors (Lipinski definition) is 1. The van der Waals surface area contributed by atoms with E-state index in [2.05, 4.69) is 15.5 Å². The number of ether oxygens (including phenoxy) is 2. The van der Waals surface area contributed by atoms with Gasteiger partial charge < -0.3 is 19.3 Å². The van der Waals surface area contributed by atoms with Crippen LogP contribution in [0, 0.1) is 0 Å². The summed E-state index contributed by atoms with van der Waals surface area (Å²) in [7, 11) is 1.73. The van der Waals surface area contributed by atoms with Crippen molar-refractivity contribution >= 4 is 0 Å². The first-order chi connectivity index (χ1) is 8.86. The van der Waals surface area contributed by atoms with Crippen LogP contribution in [0.5, 0.6) is 0 Å². The molecule has 0 aliphatic carbocycles. The summed E-state index contributed by atoms with van der Waals surface area (Å²) < 4.78 is 16.1. The fourth-order valence-corrected chi connectivity index (χ4v) is 2.57. The van der Waals surface area contributed by atoms with Crippen LogP contribution in [-0.2, 0) is 9.47 Å². The Morgan fingerprint density at radius 1 is 1.44 bits per heavy atom. The van der Waals surface area contributed by atoms with Crippen molar-refractivity contribution in [1.82, 2.24) is 15.5 Å². The van der Waals surface area contributed by atoms with Crippen molar-refractivity contribution in [3.63, 3.8) is 0 Å². The highest BCUT2D eigenvalue weighted by Crippen LogP contribution is 2.27. The first-order valence-electron chi connectivity index (χ1n) is 6.54. The third-order valence-corrected chi connectivity index (χ3v) is 3.70. The lowest BCUT2D eigenvalue weighted by Crippen LogP contribution is -2.17. The van der Waals surface area contributed by atoms with E-state index in [1.807, 2.05) is 0 Å². The van der Waals surface area contributed by atoms with Crippen LogP contribution in [0.1, 0.15) is 42.9 Å². The van der Waals surface area contributed by atoms with Gasteiger partial charge in [-0.25, -0.2) is 0 Å². The highest BCUT2D eigenvalue weighted by atomic mass is 16.5. The quantitative estimate of drug-likeness (QED) is 0.867. The molecule has 2 aliphatic heterocycles. The predicted molar refractivity (Wildman–Crippen MR) is 63.2 cm³/mol. The second-order valence-electron chi connectivity index (χ2n) is 4.96. The first-order valence-corrected chi connectivity index (χ1v) is 6.54. The summed E-state index contributed by atoms with van der Waals surface area (Å²) in [6, 6.07) is 0.126. The van der Waals surface area contributed by atoms with E-state index in [0.29, 0.717) is 12.5 Å². The highest BCUT2D eigenvalue weighted by Gasteiger charge is 2.30. The molecule has 2 fully saturated rings. The van der Waals surface area contributed by atoms with E-state index in [0.717, 1.165) is 38.2 Å². The van der Waals surface area contributed by atoms with Gasteiger partial charge in [0.1, 0.15) is 0 Å². The van der Waals surface area contributed by atoms with E-state index in [1.165, 1.54) is 0 Å². The van der Waals surface area contributed by atoms with Gasteiger partial charge in [-0.1, -0.05) is 5.16 Å². The minimum atomic E-state index is 0.126. The summed E-state index contributed by atoms with van der Waals surface area (Å²) in [4.78, 5) is 4.51. The van der Waals surface area contributed by atoms with Crippen molar-refractivity contribution in [2.24, 2.45) is 0 Å². The third kappa shape index (κ3) is 2.41. The average molecular weight is 253 g/mol. The Labute approximate surface area is 106 Å². The van der Waals surface area contributed by atoms with Crippen molar-refractivity contribution in [2.75, 3.05) is 26.9 Å². The molecule has 2 saturated heterocycles. The number of nitrogens with zero attached hydrogens (tertiary/aromatic N) is 2. The van der Waals surface area contributed by atoms with Crippen molar-refractivity contribution in [1.29, 1.82) is 0 Å². The number of methoxy groups -OCH3 is 1. The van der Waals surface area contributed by atoms with Gasteiger partial charge in [0.25, 0.3) is 0 Å². The Bertz CT molecular complexity index is 390. The zero-order chi connectivity index (χ0) is 12.4. The van der Waals surface area contributed by atoms with E-state index in [1.54, 1.807) is 7.11 Å². The molecule has 3 rings (SSSR count). The average Bonchev–Trinajstić information content (AvgIpc) is 3.08. The fraction of sp³-hybridized carbons (Fsp3) is 0.833. The molecule has 100 valence electrons. The van der Waals surface area contributed by atoms with Crippen LogP contribution in [-0.4, -0.2) is 43.1 Å². The van der Waals surface area contributed by atoms with Gasteiger partial charge >= 0.3 is 0 Å². The number of rotatable bonds is 3. The maximum atomic E-state index is 5.45. The van der Waals surface area contributed by atoms with Crippen LogP contribution >= 0.6 is 0 Å². The molecule has 0 bridgehead atoms. The van der Waals surface area contributed by atoms with Crippen LogP contribution in [0.15, 0.2) is 4.52 Å². The molecule has 6 nitrogen and oxygen atoms in total. The van der Waals surface area contributed by atoms with Gasteiger partial charge in [-0.15, -0.1) is 0 Å². The van der Waals surface area contributed by atoms with Gasteiger partial charge in [0, 0.05) is 26.2 Å². The SMILES string of the molecule is COC1CNC(c2nc(C3CCCOC3)no2)C1. The topological polar surface area (TPSA) is 69.4 Å². The van der Waals surface area contributed by atoms with Crippen LogP contribution in [0.3, 0.4) is 0 Å². The third-order valence-electron chi connectivity index (χ3n) is 3.70. The minimum absolute atomic E-state index is 0.126. The molecule has 3 unspecified atom stereocenters. The summed E-state index contributed by atoms with van der Waals surface area (Å²) >= 11 is 0. The first kappa shape index (κ1) is 12.1. The lowest BCUT2D eigenvalue weighted by molar-refractivity contribution is 0.0773. The summed E-state index contributed by atoms with van der Waals surface area (Å²) in [5, 5.41) is 7.43. The summed E-state index contributed by atoms with van der Waals surface area (Å²) in [5.41, 5.74) is 0. The molecule has 6 heteroatoms. The minimum Gasteiger partial charge on any atom is -0.381 e. The fourth-order valence-electron chi connectivity index (χ4n) is 2.57. The second-order valence-corrected chi connectivity index (χ2v) is 4.96. The number of aromatic nitrogens is 2. The molecule has 1 aromatic heterocycles. The standard InChI is InChI=1S/C12H19N3O3/c1-16-9-5-10(13-6-9)12-14-11(15-18-12)8-3-2-4-17-7-8/h8-10,13H,2-7H2,1H3.